The van der Waals surface area contributed by atoms with Crippen molar-refractivity contribution in [3.05, 3.63) is 21.4 Å². The van der Waals surface area contributed by atoms with Gasteiger partial charge in [0.15, 0.2) is 0 Å². The van der Waals surface area contributed by atoms with Gasteiger partial charge in [-0.3, -0.25) is 4.79 Å². The van der Waals surface area contributed by atoms with Crippen LogP contribution >= 0.6 is 23.7 Å². The zero-order chi connectivity index (χ0) is 12.1. The van der Waals surface area contributed by atoms with Gasteiger partial charge in [-0.15, -0.1) is 23.7 Å². The number of carbonyl (C=O) groups excluding carboxylic acids is 1. The average molecular weight is 299 g/mol. The van der Waals surface area contributed by atoms with Gasteiger partial charge >= 0.3 is 0 Å². The van der Waals surface area contributed by atoms with E-state index in [-0.39, 0.29) is 18.3 Å². The van der Waals surface area contributed by atoms with E-state index in [0.29, 0.717) is 11.8 Å². The van der Waals surface area contributed by atoms with E-state index < -0.39 is 0 Å². The van der Waals surface area contributed by atoms with Gasteiger partial charge in [-0.05, 0) is 42.7 Å². The molecule has 1 aliphatic carbocycles. The molecule has 3 heterocycles. The molecule has 2 saturated heterocycles. The standard InChI is InChI=1S/C14H18N2OS.ClH/c17-14(13-4-9-2-1-3-12(9)18-13)16-7-10-5-15-6-11(10)8-16;/h4,10-11,15H,1-3,5-8H2;1H/t10-,11+;. The Morgan fingerprint density at radius 2 is 2.00 bits per heavy atom. The fraction of sp³-hybridized carbons (Fsp3) is 0.643. The second kappa shape index (κ2) is 5.08. The second-order valence-electron chi connectivity index (χ2n) is 5.80. The predicted molar refractivity (Wildman–Crippen MR) is 79.3 cm³/mol. The summed E-state index contributed by atoms with van der Waals surface area (Å²) in [5.74, 6) is 1.67. The van der Waals surface area contributed by atoms with Gasteiger partial charge in [-0.2, -0.15) is 0 Å². The van der Waals surface area contributed by atoms with Crippen molar-refractivity contribution in [3.8, 4) is 0 Å². The van der Waals surface area contributed by atoms with Crippen molar-refractivity contribution in [3.63, 3.8) is 0 Å². The Morgan fingerprint density at radius 3 is 2.68 bits per heavy atom. The number of hydrogen-bond donors (Lipinski definition) is 1. The van der Waals surface area contributed by atoms with Crippen LogP contribution in [0.25, 0.3) is 0 Å². The van der Waals surface area contributed by atoms with Crippen molar-refractivity contribution in [2.45, 2.75) is 19.3 Å². The summed E-state index contributed by atoms with van der Waals surface area (Å²) in [5.41, 5.74) is 1.43. The van der Waals surface area contributed by atoms with Crippen LogP contribution in [0.4, 0.5) is 0 Å². The predicted octanol–water partition coefficient (Wildman–Crippen LogP) is 1.95. The highest BCUT2D eigenvalue weighted by Crippen LogP contribution is 2.33. The van der Waals surface area contributed by atoms with Gasteiger partial charge < -0.3 is 10.2 Å². The molecule has 1 aromatic rings. The van der Waals surface area contributed by atoms with Gasteiger partial charge in [0.1, 0.15) is 0 Å². The number of aryl methyl sites for hydroxylation is 2. The van der Waals surface area contributed by atoms with Crippen molar-refractivity contribution in [1.82, 2.24) is 10.2 Å². The van der Waals surface area contributed by atoms with E-state index in [4.69, 9.17) is 0 Å². The average Bonchev–Trinajstić information content (AvgIpc) is 3.06. The van der Waals surface area contributed by atoms with Crippen molar-refractivity contribution in [2.24, 2.45) is 11.8 Å². The normalized spacial score (nSPS) is 28.1. The fourth-order valence-corrected chi connectivity index (χ4v) is 4.83. The van der Waals surface area contributed by atoms with E-state index >= 15 is 0 Å². The summed E-state index contributed by atoms with van der Waals surface area (Å²) in [4.78, 5) is 17.0. The highest BCUT2D eigenvalue weighted by molar-refractivity contribution is 7.14. The minimum absolute atomic E-state index is 0. The molecule has 0 aromatic carbocycles. The number of rotatable bonds is 1. The molecule has 2 fully saturated rings. The Kier molecular flexibility index (Phi) is 3.58. The lowest BCUT2D eigenvalue weighted by atomic mass is 10.0. The van der Waals surface area contributed by atoms with Crippen LogP contribution in [0.2, 0.25) is 0 Å². The Balaban J connectivity index is 0.00000110. The summed E-state index contributed by atoms with van der Waals surface area (Å²) < 4.78 is 0. The molecule has 0 radical (unpaired) electrons. The maximum Gasteiger partial charge on any atom is 0.263 e. The quantitative estimate of drug-likeness (QED) is 0.859. The molecule has 2 aliphatic heterocycles. The summed E-state index contributed by atoms with van der Waals surface area (Å²) in [6.07, 6.45) is 3.63. The number of carbonyl (C=O) groups is 1. The summed E-state index contributed by atoms with van der Waals surface area (Å²) in [7, 11) is 0. The van der Waals surface area contributed by atoms with Crippen LogP contribution < -0.4 is 5.32 Å². The lowest BCUT2D eigenvalue weighted by molar-refractivity contribution is 0.0786. The largest absolute Gasteiger partial charge is 0.337 e. The molecule has 0 saturated carbocycles. The molecule has 1 N–H and O–H groups in total. The number of thiophene rings is 1. The van der Waals surface area contributed by atoms with E-state index in [2.05, 4.69) is 16.3 Å². The molecule has 1 aromatic heterocycles. The van der Waals surface area contributed by atoms with E-state index in [1.807, 2.05) is 0 Å². The second-order valence-corrected chi connectivity index (χ2v) is 6.94. The van der Waals surface area contributed by atoms with Crippen molar-refractivity contribution >= 4 is 29.7 Å². The van der Waals surface area contributed by atoms with Crippen molar-refractivity contribution in [1.29, 1.82) is 0 Å². The summed E-state index contributed by atoms with van der Waals surface area (Å²) in [5, 5.41) is 3.42. The molecule has 0 spiro atoms. The first-order valence-corrected chi connectivity index (χ1v) is 7.74. The monoisotopic (exact) mass is 298 g/mol. The van der Waals surface area contributed by atoms with Crippen molar-refractivity contribution < 1.29 is 4.79 Å². The molecule has 2 atom stereocenters. The van der Waals surface area contributed by atoms with Gasteiger partial charge in [0.05, 0.1) is 4.88 Å². The Bertz CT molecular complexity index is 468. The van der Waals surface area contributed by atoms with Gasteiger partial charge in [0.2, 0.25) is 0 Å². The van der Waals surface area contributed by atoms with Crippen LogP contribution in [0.1, 0.15) is 26.5 Å². The third-order valence-corrected chi connectivity index (χ3v) is 5.86. The summed E-state index contributed by atoms with van der Waals surface area (Å²) >= 11 is 1.74. The van der Waals surface area contributed by atoms with Gasteiger partial charge in [-0.25, -0.2) is 0 Å². The number of likely N-dealkylation sites (tertiary alicyclic amines) is 1. The number of nitrogens with zero attached hydrogens (tertiary/aromatic N) is 1. The van der Waals surface area contributed by atoms with Crippen LogP contribution in [0.5, 0.6) is 0 Å². The number of hydrogen-bond acceptors (Lipinski definition) is 3. The Hall–Kier alpha value is -0.580. The van der Waals surface area contributed by atoms with E-state index in [9.17, 15) is 4.79 Å². The first-order valence-electron chi connectivity index (χ1n) is 6.93. The van der Waals surface area contributed by atoms with Crippen LogP contribution in [0.15, 0.2) is 6.07 Å². The minimum atomic E-state index is 0. The van der Waals surface area contributed by atoms with Crippen LogP contribution in [0, 0.1) is 11.8 Å². The number of fused-ring (bicyclic) bond motifs is 2. The SMILES string of the molecule is Cl.O=C(c1cc2c(s1)CCC2)N1C[C@H]2CNC[C@H]2C1. The molecule has 5 heteroatoms. The third-order valence-electron chi connectivity index (χ3n) is 4.63. The van der Waals surface area contributed by atoms with Gasteiger partial charge in [-0.1, -0.05) is 0 Å². The highest BCUT2D eigenvalue weighted by atomic mass is 35.5. The van der Waals surface area contributed by atoms with Gasteiger partial charge in [0.25, 0.3) is 5.91 Å². The Labute approximate surface area is 123 Å². The Morgan fingerprint density at radius 1 is 1.26 bits per heavy atom. The van der Waals surface area contributed by atoms with Crippen LogP contribution in [-0.2, 0) is 12.8 Å². The zero-order valence-electron chi connectivity index (χ0n) is 10.9. The highest BCUT2D eigenvalue weighted by Gasteiger charge is 2.38. The molecule has 0 unspecified atom stereocenters. The first-order chi connectivity index (χ1) is 8.81. The molecule has 0 bridgehead atoms. The molecule has 104 valence electrons. The molecule has 4 rings (SSSR count). The van der Waals surface area contributed by atoms with Gasteiger partial charge in [0, 0.05) is 31.1 Å². The number of halogens is 1. The molecule has 1 amide bonds. The van der Waals surface area contributed by atoms with E-state index in [0.717, 1.165) is 31.1 Å². The smallest absolute Gasteiger partial charge is 0.263 e. The van der Waals surface area contributed by atoms with Crippen LogP contribution in [0.3, 0.4) is 0 Å². The molecule has 19 heavy (non-hydrogen) atoms. The van der Waals surface area contributed by atoms with Crippen LogP contribution in [-0.4, -0.2) is 37.0 Å². The number of amides is 1. The van der Waals surface area contributed by atoms with E-state index in [1.165, 1.54) is 29.7 Å². The lowest BCUT2D eigenvalue weighted by Gasteiger charge is -2.16. The van der Waals surface area contributed by atoms with Crippen molar-refractivity contribution in [2.75, 3.05) is 26.2 Å². The first kappa shape index (κ1) is 13.4. The third kappa shape index (κ3) is 2.20. The fourth-order valence-electron chi connectivity index (χ4n) is 3.61. The minimum Gasteiger partial charge on any atom is -0.337 e. The lowest BCUT2D eigenvalue weighted by Crippen LogP contribution is -2.31. The molecular weight excluding hydrogens is 280 g/mol. The summed E-state index contributed by atoms with van der Waals surface area (Å²) in [6.45, 7) is 4.10. The zero-order valence-corrected chi connectivity index (χ0v) is 12.5. The maximum atomic E-state index is 12.5. The molecular formula is C14H19ClN2OS. The topological polar surface area (TPSA) is 32.3 Å². The van der Waals surface area contributed by atoms with E-state index in [1.54, 1.807) is 11.3 Å². The maximum absolute atomic E-state index is 12.5. The summed E-state index contributed by atoms with van der Waals surface area (Å²) in [6, 6.07) is 2.15. The molecule has 3 aliphatic rings. The molecule has 3 nitrogen and oxygen atoms in total. The number of nitrogens with one attached hydrogen (secondary N) is 1.